The molecular formula is C15H14N4O. The van der Waals surface area contributed by atoms with E-state index >= 15 is 0 Å². The second kappa shape index (κ2) is 5.52. The van der Waals surface area contributed by atoms with E-state index in [1.165, 1.54) is 0 Å². The summed E-state index contributed by atoms with van der Waals surface area (Å²) in [5.74, 6) is 0.783. The van der Waals surface area contributed by atoms with Crippen LogP contribution in [0, 0.1) is 0 Å². The summed E-state index contributed by atoms with van der Waals surface area (Å²) in [5.41, 5.74) is 2.63. The molecule has 0 atom stereocenters. The summed E-state index contributed by atoms with van der Waals surface area (Å²) in [5, 5.41) is 2.80. The van der Waals surface area contributed by atoms with E-state index in [9.17, 15) is 4.79 Å². The van der Waals surface area contributed by atoms with Gasteiger partial charge in [0.15, 0.2) is 0 Å². The van der Waals surface area contributed by atoms with E-state index in [0.29, 0.717) is 18.5 Å². The maximum Gasteiger partial charge on any atom is 0.224 e. The SMILES string of the molecule is O=C(CCc1nc2ccccc2[nH]1)Nc1cccnc1. The van der Waals surface area contributed by atoms with E-state index in [1.54, 1.807) is 18.5 Å². The van der Waals surface area contributed by atoms with Crippen LogP contribution in [0.2, 0.25) is 0 Å². The van der Waals surface area contributed by atoms with Crippen LogP contribution in [0.5, 0.6) is 0 Å². The summed E-state index contributed by atoms with van der Waals surface area (Å²) in [6.07, 6.45) is 4.26. The molecule has 0 radical (unpaired) electrons. The molecule has 0 bridgehead atoms. The normalized spacial score (nSPS) is 10.6. The van der Waals surface area contributed by atoms with Crippen LogP contribution in [-0.4, -0.2) is 20.9 Å². The van der Waals surface area contributed by atoms with Gasteiger partial charge in [-0.15, -0.1) is 0 Å². The highest BCUT2D eigenvalue weighted by molar-refractivity contribution is 5.90. The number of para-hydroxylation sites is 2. The van der Waals surface area contributed by atoms with Gasteiger partial charge in [-0.1, -0.05) is 12.1 Å². The van der Waals surface area contributed by atoms with Crippen LogP contribution in [0.3, 0.4) is 0 Å². The minimum atomic E-state index is -0.0431. The molecule has 1 amide bonds. The number of aromatic nitrogens is 3. The summed E-state index contributed by atoms with van der Waals surface area (Å²) >= 11 is 0. The fourth-order valence-corrected chi connectivity index (χ4v) is 2.02. The van der Waals surface area contributed by atoms with Crippen LogP contribution in [-0.2, 0) is 11.2 Å². The van der Waals surface area contributed by atoms with Crippen molar-refractivity contribution in [1.82, 2.24) is 15.0 Å². The molecule has 2 N–H and O–H groups in total. The lowest BCUT2D eigenvalue weighted by atomic mass is 10.3. The van der Waals surface area contributed by atoms with Gasteiger partial charge in [-0.3, -0.25) is 9.78 Å². The molecule has 0 saturated carbocycles. The third kappa shape index (κ3) is 2.83. The van der Waals surface area contributed by atoms with E-state index in [-0.39, 0.29) is 5.91 Å². The number of H-pyrrole nitrogens is 1. The third-order valence-corrected chi connectivity index (χ3v) is 2.97. The number of imidazole rings is 1. The Kier molecular flexibility index (Phi) is 3.41. The number of carbonyl (C=O) groups excluding carboxylic acids is 1. The Hall–Kier alpha value is -2.69. The van der Waals surface area contributed by atoms with Crippen molar-refractivity contribution in [2.75, 3.05) is 5.32 Å². The first kappa shape index (κ1) is 12.3. The number of nitrogens with one attached hydrogen (secondary N) is 2. The predicted molar refractivity (Wildman–Crippen MR) is 77.3 cm³/mol. The number of aryl methyl sites for hydroxylation is 1. The highest BCUT2D eigenvalue weighted by atomic mass is 16.1. The zero-order chi connectivity index (χ0) is 13.8. The van der Waals surface area contributed by atoms with E-state index in [4.69, 9.17) is 0 Å². The molecule has 3 rings (SSSR count). The van der Waals surface area contributed by atoms with Gasteiger partial charge < -0.3 is 10.3 Å². The van der Waals surface area contributed by atoms with Crippen molar-refractivity contribution in [3.8, 4) is 0 Å². The zero-order valence-electron chi connectivity index (χ0n) is 10.8. The van der Waals surface area contributed by atoms with Crippen molar-refractivity contribution in [2.24, 2.45) is 0 Å². The molecule has 0 spiro atoms. The van der Waals surface area contributed by atoms with Gasteiger partial charge in [0.05, 0.1) is 22.9 Å². The van der Waals surface area contributed by atoms with Crippen molar-refractivity contribution >= 4 is 22.6 Å². The number of anilines is 1. The number of nitrogens with zero attached hydrogens (tertiary/aromatic N) is 2. The van der Waals surface area contributed by atoms with Crippen LogP contribution < -0.4 is 5.32 Å². The quantitative estimate of drug-likeness (QED) is 0.762. The molecule has 100 valence electrons. The van der Waals surface area contributed by atoms with Crippen molar-refractivity contribution < 1.29 is 4.79 Å². The first-order valence-corrected chi connectivity index (χ1v) is 6.45. The largest absolute Gasteiger partial charge is 0.342 e. The molecule has 5 heteroatoms. The topological polar surface area (TPSA) is 70.7 Å². The van der Waals surface area contributed by atoms with Gasteiger partial charge in [0, 0.05) is 19.0 Å². The number of carbonyl (C=O) groups is 1. The van der Waals surface area contributed by atoms with Crippen molar-refractivity contribution in [2.45, 2.75) is 12.8 Å². The molecule has 2 heterocycles. The molecule has 5 nitrogen and oxygen atoms in total. The molecule has 0 unspecified atom stereocenters. The lowest BCUT2D eigenvalue weighted by molar-refractivity contribution is -0.116. The lowest BCUT2D eigenvalue weighted by Crippen LogP contribution is -2.12. The minimum Gasteiger partial charge on any atom is -0.342 e. The first-order valence-electron chi connectivity index (χ1n) is 6.45. The van der Waals surface area contributed by atoms with Gasteiger partial charge in [0.1, 0.15) is 5.82 Å². The molecule has 0 aliphatic rings. The lowest BCUT2D eigenvalue weighted by Gasteiger charge is -2.03. The van der Waals surface area contributed by atoms with Gasteiger partial charge in [-0.2, -0.15) is 0 Å². The fraction of sp³-hybridized carbons (Fsp3) is 0.133. The Bertz CT molecular complexity index is 688. The van der Waals surface area contributed by atoms with E-state index in [1.807, 2.05) is 30.3 Å². The van der Waals surface area contributed by atoms with Crippen LogP contribution in [0.15, 0.2) is 48.8 Å². The highest BCUT2D eigenvalue weighted by Crippen LogP contribution is 2.11. The average molecular weight is 266 g/mol. The van der Waals surface area contributed by atoms with Gasteiger partial charge in [0.25, 0.3) is 0 Å². The second-order valence-corrected chi connectivity index (χ2v) is 4.49. The summed E-state index contributed by atoms with van der Waals surface area (Å²) in [7, 11) is 0. The van der Waals surface area contributed by atoms with E-state index in [2.05, 4.69) is 20.3 Å². The molecule has 2 aromatic heterocycles. The molecule has 1 aromatic carbocycles. The van der Waals surface area contributed by atoms with Crippen LogP contribution in [0.1, 0.15) is 12.2 Å². The maximum absolute atomic E-state index is 11.8. The number of hydrogen-bond acceptors (Lipinski definition) is 3. The molecular weight excluding hydrogens is 252 g/mol. The zero-order valence-corrected chi connectivity index (χ0v) is 10.8. The fourth-order valence-electron chi connectivity index (χ4n) is 2.02. The van der Waals surface area contributed by atoms with Gasteiger partial charge in [-0.25, -0.2) is 4.98 Å². The Morgan fingerprint density at radius 2 is 2.10 bits per heavy atom. The summed E-state index contributed by atoms with van der Waals surface area (Å²) < 4.78 is 0. The van der Waals surface area contributed by atoms with E-state index < -0.39 is 0 Å². The van der Waals surface area contributed by atoms with Crippen molar-refractivity contribution in [1.29, 1.82) is 0 Å². The number of rotatable bonds is 4. The van der Waals surface area contributed by atoms with Gasteiger partial charge in [0.2, 0.25) is 5.91 Å². The predicted octanol–water partition coefficient (Wildman–Crippen LogP) is 2.53. The average Bonchev–Trinajstić information content (AvgIpc) is 2.89. The third-order valence-electron chi connectivity index (χ3n) is 2.97. The maximum atomic E-state index is 11.8. The Morgan fingerprint density at radius 3 is 2.90 bits per heavy atom. The summed E-state index contributed by atoms with van der Waals surface area (Å²) in [4.78, 5) is 23.4. The number of benzene rings is 1. The number of amides is 1. The number of fused-ring (bicyclic) bond motifs is 1. The van der Waals surface area contributed by atoms with Crippen LogP contribution >= 0.6 is 0 Å². The van der Waals surface area contributed by atoms with Crippen molar-refractivity contribution in [3.05, 3.63) is 54.6 Å². The van der Waals surface area contributed by atoms with Crippen LogP contribution in [0.4, 0.5) is 5.69 Å². The standard InChI is InChI=1S/C15H14N4O/c20-15(17-11-4-3-9-16-10-11)8-7-14-18-12-5-1-2-6-13(12)19-14/h1-6,9-10H,7-8H2,(H,17,20)(H,18,19). The molecule has 3 aromatic rings. The highest BCUT2D eigenvalue weighted by Gasteiger charge is 2.06. The number of aromatic amines is 1. The molecule has 0 saturated heterocycles. The second-order valence-electron chi connectivity index (χ2n) is 4.49. The molecule has 0 aliphatic heterocycles. The van der Waals surface area contributed by atoms with E-state index in [0.717, 1.165) is 16.9 Å². The minimum absolute atomic E-state index is 0.0431. The molecule has 0 aliphatic carbocycles. The summed E-state index contributed by atoms with van der Waals surface area (Å²) in [6, 6.07) is 11.4. The Balaban J connectivity index is 1.60. The summed E-state index contributed by atoms with van der Waals surface area (Å²) in [6.45, 7) is 0. The smallest absolute Gasteiger partial charge is 0.224 e. The van der Waals surface area contributed by atoms with Crippen molar-refractivity contribution in [3.63, 3.8) is 0 Å². The van der Waals surface area contributed by atoms with Gasteiger partial charge in [-0.05, 0) is 24.3 Å². The Morgan fingerprint density at radius 1 is 1.20 bits per heavy atom. The number of hydrogen-bond donors (Lipinski definition) is 2. The first-order chi connectivity index (χ1) is 9.81. The number of pyridine rings is 1. The van der Waals surface area contributed by atoms with Crippen LogP contribution in [0.25, 0.3) is 11.0 Å². The molecule has 0 fully saturated rings. The van der Waals surface area contributed by atoms with Gasteiger partial charge >= 0.3 is 0 Å². The Labute approximate surface area is 116 Å². The molecule has 20 heavy (non-hydrogen) atoms. The monoisotopic (exact) mass is 266 g/mol.